The molecule has 0 bridgehead atoms. The van der Waals surface area contributed by atoms with E-state index in [1.165, 1.54) is 0 Å². The van der Waals surface area contributed by atoms with Gasteiger partial charge in [0.15, 0.2) is 0 Å². The number of aldehydes is 1. The van der Waals surface area contributed by atoms with Crippen LogP contribution in [0.1, 0.15) is 47.0 Å². The van der Waals surface area contributed by atoms with Gasteiger partial charge in [-0.15, -0.1) is 0 Å². The van der Waals surface area contributed by atoms with E-state index < -0.39 is 0 Å². The number of hydrogen-bond donors (Lipinski definition) is 0. The molecule has 0 spiro atoms. The van der Waals surface area contributed by atoms with Gasteiger partial charge < -0.3 is 14.1 Å². The first kappa shape index (κ1) is 12.8. The van der Waals surface area contributed by atoms with E-state index in [1.54, 1.807) is 0 Å². The second-order valence-corrected chi connectivity index (χ2v) is 6.02. The van der Waals surface area contributed by atoms with E-state index in [2.05, 4.69) is 0 Å². The van der Waals surface area contributed by atoms with Gasteiger partial charge in [0.1, 0.15) is 6.29 Å². The Balaban J connectivity index is 2.15. The number of hydrogen-bond acceptors (Lipinski definition) is 3. The van der Waals surface area contributed by atoms with Crippen LogP contribution in [0.25, 0.3) is 0 Å². The van der Waals surface area contributed by atoms with Gasteiger partial charge in [-0.3, -0.25) is 0 Å². The second kappa shape index (κ2) is 4.25. The van der Waals surface area contributed by atoms with E-state index in [1.807, 2.05) is 33.8 Å². The monoisotopic (exact) mass is 236 g/mol. The Hall–Kier alpha value is -0.605. The number of carbonyl (C=O) groups excluding carboxylic acids is 1. The van der Waals surface area contributed by atoms with Gasteiger partial charge in [-0.2, -0.15) is 0 Å². The minimum Gasteiger partial charge on any atom is -0.400 e. The zero-order chi connectivity index (χ0) is 12.7. The van der Waals surface area contributed by atoms with Crippen LogP contribution in [0.5, 0.6) is 0 Å². The summed E-state index contributed by atoms with van der Waals surface area (Å²) >= 11 is 0. The molecule has 17 heavy (non-hydrogen) atoms. The first-order valence-electron chi connectivity index (χ1n) is 6.37. The van der Waals surface area contributed by atoms with Gasteiger partial charge in [0.25, 0.3) is 0 Å². The third-order valence-electron chi connectivity index (χ3n) is 4.16. The molecule has 0 aromatic rings. The lowest BCUT2D eigenvalue weighted by atomic mass is 9.71. The van der Waals surface area contributed by atoms with Crippen molar-refractivity contribution in [2.24, 2.45) is 5.92 Å². The van der Waals surface area contributed by atoms with E-state index in [4.69, 9.17) is 9.31 Å². The lowest BCUT2D eigenvalue weighted by molar-refractivity contribution is -0.110. The van der Waals surface area contributed by atoms with Crippen molar-refractivity contribution in [3.8, 4) is 0 Å². The Morgan fingerprint density at radius 1 is 1.29 bits per heavy atom. The van der Waals surface area contributed by atoms with Crippen LogP contribution >= 0.6 is 0 Å². The summed E-state index contributed by atoms with van der Waals surface area (Å²) in [7, 11) is -0.275. The highest BCUT2D eigenvalue weighted by Crippen LogP contribution is 2.40. The van der Waals surface area contributed by atoms with Crippen LogP contribution in [0.3, 0.4) is 0 Å². The van der Waals surface area contributed by atoms with E-state index in [0.29, 0.717) is 0 Å². The average Bonchev–Trinajstić information content (AvgIpc) is 2.48. The summed E-state index contributed by atoms with van der Waals surface area (Å²) in [6, 6.07) is 0. The molecule has 1 fully saturated rings. The van der Waals surface area contributed by atoms with Crippen molar-refractivity contribution in [1.29, 1.82) is 0 Å². The molecule has 2 aliphatic rings. The molecule has 2 rings (SSSR count). The van der Waals surface area contributed by atoms with Crippen LogP contribution in [0.4, 0.5) is 0 Å². The standard InChI is InChI=1S/C13H21BO3/c1-12(2)13(3,4)17-14(16-12)11-7-5-6-10(8-11)9-15/h8-10H,5-7H2,1-4H3. The van der Waals surface area contributed by atoms with Gasteiger partial charge in [-0.1, -0.05) is 6.08 Å². The lowest BCUT2D eigenvalue weighted by Crippen LogP contribution is -2.41. The van der Waals surface area contributed by atoms with Crippen LogP contribution in [0.15, 0.2) is 11.5 Å². The van der Waals surface area contributed by atoms with Gasteiger partial charge >= 0.3 is 7.12 Å². The molecule has 1 heterocycles. The molecule has 1 aliphatic heterocycles. The Morgan fingerprint density at radius 3 is 2.41 bits per heavy atom. The number of allylic oxidation sites excluding steroid dienone is 2. The molecule has 0 N–H and O–H groups in total. The Labute approximate surface area is 104 Å². The van der Waals surface area contributed by atoms with Crippen molar-refractivity contribution in [2.75, 3.05) is 0 Å². The molecule has 1 atom stereocenters. The molecular weight excluding hydrogens is 215 g/mol. The van der Waals surface area contributed by atoms with E-state index >= 15 is 0 Å². The fourth-order valence-electron chi connectivity index (χ4n) is 2.28. The van der Waals surface area contributed by atoms with Crippen LogP contribution < -0.4 is 0 Å². The molecule has 0 saturated carbocycles. The predicted molar refractivity (Wildman–Crippen MR) is 67.6 cm³/mol. The van der Waals surface area contributed by atoms with Gasteiger partial charge in [-0.05, 0) is 52.4 Å². The SMILES string of the molecule is CC1(C)OB(C2=CC(C=O)CCC2)OC1(C)C. The molecule has 1 aliphatic carbocycles. The summed E-state index contributed by atoms with van der Waals surface area (Å²) in [6.45, 7) is 8.20. The molecule has 1 saturated heterocycles. The maximum atomic E-state index is 10.8. The topological polar surface area (TPSA) is 35.5 Å². The largest absolute Gasteiger partial charge is 0.490 e. The zero-order valence-corrected chi connectivity index (χ0v) is 11.2. The van der Waals surface area contributed by atoms with E-state index in [0.717, 1.165) is 31.0 Å². The van der Waals surface area contributed by atoms with Crippen molar-refractivity contribution in [1.82, 2.24) is 0 Å². The number of rotatable bonds is 2. The highest BCUT2D eigenvalue weighted by molar-refractivity contribution is 6.54. The molecule has 0 amide bonds. The molecule has 0 aromatic carbocycles. The second-order valence-electron chi connectivity index (χ2n) is 6.02. The quantitative estimate of drug-likeness (QED) is 0.546. The molecule has 94 valence electrons. The number of carbonyl (C=O) groups is 1. The van der Waals surface area contributed by atoms with Crippen molar-refractivity contribution in [2.45, 2.75) is 58.2 Å². The molecule has 1 unspecified atom stereocenters. The smallest absolute Gasteiger partial charge is 0.400 e. The van der Waals surface area contributed by atoms with Gasteiger partial charge in [-0.25, -0.2) is 0 Å². The highest BCUT2D eigenvalue weighted by Gasteiger charge is 2.52. The predicted octanol–water partition coefficient (Wildman–Crippen LogP) is 2.54. The van der Waals surface area contributed by atoms with E-state index in [-0.39, 0.29) is 24.2 Å². The first-order chi connectivity index (χ1) is 7.86. The average molecular weight is 236 g/mol. The molecule has 4 heteroatoms. The van der Waals surface area contributed by atoms with Crippen LogP contribution in [0, 0.1) is 5.92 Å². The van der Waals surface area contributed by atoms with Crippen molar-refractivity contribution >= 4 is 13.4 Å². The highest BCUT2D eigenvalue weighted by atomic mass is 16.7. The van der Waals surface area contributed by atoms with Crippen LogP contribution in [-0.4, -0.2) is 24.6 Å². The normalized spacial score (nSPS) is 31.2. The summed E-state index contributed by atoms with van der Waals surface area (Å²) in [4.78, 5) is 10.8. The Morgan fingerprint density at radius 2 is 1.88 bits per heavy atom. The Kier molecular flexibility index (Phi) is 3.21. The first-order valence-corrected chi connectivity index (χ1v) is 6.37. The third-order valence-corrected chi connectivity index (χ3v) is 4.16. The van der Waals surface area contributed by atoms with Crippen molar-refractivity contribution in [3.05, 3.63) is 11.5 Å². The summed E-state index contributed by atoms with van der Waals surface area (Å²) in [5.41, 5.74) is 0.534. The van der Waals surface area contributed by atoms with Crippen molar-refractivity contribution < 1.29 is 14.1 Å². The van der Waals surface area contributed by atoms with Gasteiger partial charge in [0.05, 0.1) is 11.2 Å². The van der Waals surface area contributed by atoms with Crippen LogP contribution in [0.2, 0.25) is 0 Å². The zero-order valence-electron chi connectivity index (χ0n) is 11.2. The minimum atomic E-state index is -0.299. The summed E-state index contributed by atoms with van der Waals surface area (Å²) in [6.07, 6.45) is 6.01. The van der Waals surface area contributed by atoms with Gasteiger partial charge in [0.2, 0.25) is 0 Å². The fraction of sp³-hybridized carbons (Fsp3) is 0.769. The summed E-state index contributed by atoms with van der Waals surface area (Å²) in [5.74, 6) is 0.0396. The fourth-order valence-corrected chi connectivity index (χ4v) is 2.28. The van der Waals surface area contributed by atoms with Crippen LogP contribution in [-0.2, 0) is 14.1 Å². The molecular formula is C13H21BO3. The summed E-state index contributed by atoms with van der Waals surface area (Å²) < 4.78 is 12.0. The molecule has 0 radical (unpaired) electrons. The Bertz CT molecular complexity index is 331. The molecule has 3 nitrogen and oxygen atoms in total. The van der Waals surface area contributed by atoms with Crippen molar-refractivity contribution in [3.63, 3.8) is 0 Å². The van der Waals surface area contributed by atoms with Gasteiger partial charge in [0, 0.05) is 5.92 Å². The third kappa shape index (κ3) is 2.33. The lowest BCUT2D eigenvalue weighted by Gasteiger charge is -2.32. The summed E-state index contributed by atoms with van der Waals surface area (Å²) in [5, 5.41) is 0. The maximum Gasteiger partial charge on any atom is 0.490 e. The molecule has 0 aromatic heterocycles. The maximum absolute atomic E-state index is 10.8. The van der Waals surface area contributed by atoms with E-state index in [9.17, 15) is 4.79 Å². The minimum absolute atomic E-state index is 0.0396.